The Hall–Kier alpha value is -2.22. The number of hydrogen-bond acceptors (Lipinski definition) is 6. The zero-order chi connectivity index (χ0) is 14.5. The minimum Gasteiger partial charge on any atom is -0.477 e. The first kappa shape index (κ1) is 14.2. The van der Waals surface area contributed by atoms with E-state index in [0.717, 1.165) is 32.1 Å². The van der Waals surface area contributed by atoms with Crippen LogP contribution in [-0.4, -0.2) is 40.2 Å². The van der Waals surface area contributed by atoms with Crippen LogP contribution in [0.25, 0.3) is 0 Å². The van der Waals surface area contributed by atoms with Gasteiger partial charge < -0.3 is 15.2 Å². The number of ether oxygens (including phenoxy) is 1. The second-order valence-electron chi connectivity index (χ2n) is 4.52. The van der Waals surface area contributed by atoms with Crippen LogP contribution in [0, 0.1) is 10.1 Å². The van der Waals surface area contributed by atoms with E-state index < -0.39 is 16.6 Å². The van der Waals surface area contributed by atoms with Crippen LogP contribution in [0.2, 0.25) is 0 Å². The van der Waals surface area contributed by atoms with Gasteiger partial charge in [0.05, 0.1) is 11.0 Å². The molecule has 1 aromatic rings. The Morgan fingerprint density at radius 1 is 1.60 bits per heavy atom. The third-order valence-electron chi connectivity index (χ3n) is 3.09. The van der Waals surface area contributed by atoms with Crippen LogP contribution in [0.1, 0.15) is 29.6 Å². The number of aromatic carboxylic acids is 1. The Balaban J connectivity index is 2.06. The first-order valence-electron chi connectivity index (χ1n) is 6.31. The smallest absolute Gasteiger partial charge is 0.342 e. The molecule has 1 aliphatic rings. The fourth-order valence-electron chi connectivity index (χ4n) is 2.05. The monoisotopic (exact) mass is 281 g/mol. The normalized spacial score (nSPS) is 18.5. The van der Waals surface area contributed by atoms with E-state index in [1.165, 1.54) is 6.07 Å². The summed E-state index contributed by atoms with van der Waals surface area (Å²) in [4.78, 5) is 24.8. The number of pyridine rings is 1. The Morgan fingerprint density at radius 2 is 2.40 bits per heavy atom. The molecule has 1 saturated heterocycles. The molecule has 1 fully saturated rings. The van der Waals surface area contributed by atoms with Crippen LogP contribution >= 0.6 is 0 Å². The van der Waals surface area contributed by atoms with E-state index in [4.69, 9.17) is 9.84 Å². The summed E-state index contributed by atoms with van der Waals surface area (Å²) in [7, 11) is 0. The van der Waals surface area contributed by atoms with Gasteiger partial charge in [0.25, 0.3) is 0 Å². The predicted octanol–water partition coefficient (Wildman–Crippen LogP) is 1.67. The zero-order valence-corrected chi connectivity index (χ0v) is 10.7. The van der Waals surface area contributed by atoms with Gasteiger partial charge in [-0.15, -0.1) is 0 Å². The predicted molar refractivity (Wildman–Crippen MR) is 69.9 cm³/mol. The summed E-state index contributed by atoms with van der Waals surface area (Å²) in [5.41, 5.74) is -0.894. The SMILES string of the molecule is O=C(O)c1cc(NCC2CCCCO2)ncc1[N+](=O)[O-]. The average Bonchev–Trinajstić information content (AvgIpc) is 2.45. The number of rotatable bonds is 5. The minimum atomic E-state index is -1.35. The number of nitrogens with one attached hydrogen (secondary N) is 1. The molecular formula is C12H15N3O5. The van der Waals surface area contributed by atoms with E-state index in [0.29, 0.717) is 12.4 Å². The summed E-state index contributed by atoms with van der Waals surface area (Å²) < 4.78 is 5.52. The van der Waals surface area contributed by atoms with Crippen molar-refractivity contribution >= 4 is 17.5 Å². The highest BCUT2D eigenvalue weighted by atomic mass is 16.6. The van der Waals surface area contributed by atoms with Gasteiger partial charge in [0.15, 0.2) is 0 Å². The highest BCUT2D eigenvalue weighted by Crippen LogP contribution is 2.21. The van der Waals surface area contributed by atoms with E-state index in [9.17, 15) is 14.9 Å². The highest BCUT2D eigenvalue weighted by molar-refractivity contribution is 5.93. The third-order valence-corrected chi connectivity index (χ3v) is 3.09. The van der Waals surface area contributed by atoms with Crippen molar-refractivity contribution in [3.05, 3.63) is 27.9 Å². The molecule has 1 aromatic heterocycles. The van der Waals surface area contributed by atoms with Gasteiger partial charge in [-0.3, -0.25) is 10.1 Å². The number of nitro groups is 1. The van der Waals surface area contributed by atoms with E-state index in [1.54, 1.807) is 0 Å². The number of carbonyl (C=O) groups is 1. The summed E-state index contributed by atoms with van der Waals surface area (Å²) in [5.74, 6) is -1.06. The number of nitrogens with zero attached hydrogens (tertiary/aromatic N) is 2. The number of carboxylic acid groups (broad SMARTS) is 1. The summed E-state index contributed by atoms with van der Waals surface area (Å²) in [5, 5.41) is 22.6. The average molecular weight is 281 g/mol. The fraction of sp³-hybridized carbons (Fsp3) is 0.500. The van der Waals surface area contributed by atoms with Crippen molar-refractivity contribution in [1.82, 2.24) is 4.98 Å². The van der Waals surface area contributed by atoms with E-state index in [-0.39, 0.29) is 11.7 Å². The molecule has 0 aliphatic carbocycles. The minimum absolute atomic E-state index is 0.0639. The van der Waals surface area contributed by atoms with Crippen LogP contribution in [0.3, 0.4) is 0 Å². The lowest BCUT2D eigenvalue weighted by molar-refractivity contribution is -0.385. The molecule has 0 bridgehead atoms. The molecule has 20 heavy (non-hydrogen) atoms. The molecule has 0 saturated carbocycles. The van der Waals surface area contributed by atoms with E-state index >= 15 is 0 Å². The molecule has 0 aromatic carbocycles. The molecule has 8 nitrogen and oxygen atoms in total. The first-order chi connectivity index (χ1) is 9.58. The number of aromatic nitrogens is 1. The van der Waals surface area contributed by atoms with Crippen LogP contribution in [0.4, 0.5) is 11.5 Å². The lowest BCUT2D eigenvalue weighted by atomic mass is 10.1. The summed E-state index contributed by atoms with van der Waals surface area (Å²) >= 11 is 0. The first-order valence-corrected chi connectivity index (χ1v) is 6.31. The Labute approximate surface area is 114 Å². The molecular weight excluding hydrogens is 266 g/mol. The number of carboxylic acids is 1. The van der Waals surface area contributed by atoms with Gasteiger partial charge in [-0.05, 0) is 19.3 Å². The zero-order valence-electron chi connectivity index (χ0n) is 10.7. The number of anilines is 1. The van der Waals surface area contributed by atoms with E-state index in [2.05, 4.69) is 10.3 Å². The molecule has 2 heterocycles. The van der Waals surface area contributed by atoms with Gasteiger partial charge >= 0.3 is 11.7 Å². The lowest BCUT2D eigenvalue weighted by Gasteiger charge is -2.22. The Kier molecular flexibility index (Phi) is 4.46. The number of hydrogen-bond donors (Lipinski definition) is 2. The molecule has 0 spiro atoms. The second kappa shape index (κ2) is 6.29. The summed E-state index contributed by atoms with van der Waals surface area (Å²) in [6.07, 6.45) is 4.10. The maximum absolute atomic E-state index is 11.0. The van der Waals surface area contributed by atoms with Crippen molar-refractivity contribution in [2.45, 2.75) is 25.4 Å². The Bertz CT molecular complexity index is 514. The molecule has 0 amide bonds. The van der Waals surface area contributed by atoms with Crippen molar-refractivity contribution in [3.8, 4) is 0 Å². The Morgan fingerprint density at radius 3 is 3.00 bits per heavy atom. The molecule has 2 rings (SSSR count). The topological polar surface area (TPSA) is 115 Å². The van der Waals surface area contributed by atoms with Crippen molar-refractivity contribution in [3.63, 3.8) is 0 Å². The van der Waals surface area contributed by atoms with Crippen molar-refractivity contribution < 1.29 is 19.6 Å². The largest absolute Gasteiger partial charge is 0.477 e. The fourth-order valence-corrected chi connectivity index (χ4v) is 2.05. The standard InChI is InChI=1S/C12H15N3O5/c16-12(17)9-5-11(14-7-10(9)15(18)19)13-6-8-3-1-2-4-20-8/h5,7-8H,1-4,6H2,(H,13,14)(H,16,17). The van der Waals surface area contributed by atoms with Crippen LogP contribution in [0.15, 0.2) is 12.3 Å². The third kappa shape index (κ3) is 3.41. The molecule has 2 N–H and O–H groups in total. The van der Waals surface area contributed by atoms with E-state index in [1.807, 2.05) is 0 Å². The molecule has 108 valence electrons. The maximum atomic E-state index is 11.0. The van der Waals surface area contributed by atoms with Gasteiger partial charge in [-0.25, -0.2) is 9.78 Å². The van der Waals surface area contributed by atoms with Gasteiger partial charge in [-0.2, -0.15) is 0 Å². The van der Waals surface area contributed by atoms with Crippen molar-refractivity contribution in [2.75, 3.05) is 18.5 Å². The van der Waals surface area contributed by atoms with Gasteiger partial charge in [0.1, 0.15) is 17.6 Å². The lowest BCUT2D eigenvalue weighted by Crippen LogP contribution is -2.27. The molecule has 1 unspecified atom stereocenters. The molecule has 1 atom stereocenters. The summed E-state index contributed by atoms with van der Waals surface area (Å²) in [6.45, 7) is 1.23. The molecule has 0 radical (unpaired) electrons. The van der Waals surface area contributed by atoms with Crippen molar-refractivity contribution in [1.29, 1.82) is 0 Å². The highest BCUT2D eigenvalue weighted by Gasteiger charge is 2.21. The summed E-state index contributed by atoms with van der Waals surface area (Å²) in [6, 6.07) is 1.17. The van der Waals surface area contributed by atoms with Crippen molar-refractivity contribution in [2.24, 2.45) is 0 Å². The van der Waals surface area contributed by atoms with Crippen LogP contribution < -0.4 is 5.32 Å². The van der Waals surface area contributed by atoms with Crippen LogP contribution in [0.5, 0.6) is 0 Å². The molecule has 1 aliphatic heterocycles. The van der Waals surface area contributed by atoms with Crippen LogP contribution in [-0.2, 0) is 4.74 Å². The van der Waals surface area contributed by atoms with Gasteiger partial charge in [0.2, 0.25) is 0 Å². The van der Waals surface area contributed by atoms with Gasteiger partial charge in [0, 0.05) is 19.2 Å². The van der Waals surface area contributed by atoms with Gasteiger partial charge in [-0.1, -0.05) is 0 Å². The molecule has 8 heteroatoms. The quantitative estimate of drug-likeness (QED) is 0.623. The maximum Gasteiger partial charge on any atom is 0.342 e. The second-order valence-corrected chi connectivity index (χ2v) is 4.52.